The molecule has 0 aliphatic carbocycles. The number of oxazole rings is 2. The van der Waals surface area contributed by atoms with E-state index in [0.717, 1.165) is 46.5 Å². The fraction of sp³-hybridized carbons (Fsp3) is 0.250. The van der Waals surface area contributed by atoms with Gasteiger partial charge < -0.3 is 8.83 Å². The lowest BCUT2D eigenvalue weighted by molar-refractivity contribution is 0.609. The zero-order valence-corrected chi connectivity index (χ0v) is 23.2. The predicted molar refractivity (Wildman–Crippen MR) is 162 cm³/mol. The molecule has 6 heteroatoms. The Hall–Kier alpha value is -3.22. The van der Waals surface area contributed by atoms with Crippen LogP contribution < -0.4 is 0 Å². The van der Waals surface area contributed by atoms with Crippen molar-refractivity contribution in [3.8, 4) is 22.9 Å². The fourth-order valence-corrected chi connectivity index (χ4v) is 5.97. The molecule has 5 aromatic rings. The first-order valence-corrected chi connectivity index (χ1v) is 15.1. The number of unbranched alkanes of at least 4 members (excludes halogenated alkanes) is 4. The summed E-state index contributed by atoms with van der Waals surface area (Å²) in [5, 5.41) is 0. The van der Waals surface area contributed by atoms with Crippen molar-refractivity contribution < 1.29 is 8.83 Å². The van der Waals surface area contributed by atoms with Crippen molar-refractivity contribution in [1.82, 2.24) is 9.97 Å². The monoisotopic (exact) mass is 540 g/mol. The number of allylic oxidation sites excluding steroid dienone is 2. The standard InChI is InChI=1S/C32H32N2O2S2/c1-3-5-7-9-19-37-25-15-11-23(12-16-25)31-33-27-21-28-30(22-29(27)35-31)36-32(34-28)24-13-17-26(18-14-24)38-20-10-8-6-4-2/h3-4,11-18,21-22H,1-2,5-10,19-20H2. The number of rotatable bonds is 14. The van der Waals surface area contributed by atoms with E-state index in [1.807, 2.05) is 47.8 Å². The minimum atomic E-state index is 0.605. The van der Waals surface area contributed by atoms with Gasteiger partial charge in [0, 0.05) is 27.0 Å². The van der Waals surface area contributed by atoms with E-state index >= 15 is 0 Å². The molecule has 194 valence electrons. The maximum Gasteiger partial charge on any atom is 0.227 e. The summed E-state index contributed by atoms with van der Waals surface area (Å²) in [7, 11) is 0. The highest BCUT2D eigenvalue weighted by Gasteiger charge is 2.14. The Labute approximate surface area is 232 Å². The van der Waals surface area contributed by atoms with Crippen LogP contribution in [0, 0.1) is 0 Å². The van der Waals surface area contributed by atoms with Crippen LogP contribution in [0.2, 0.25) is 0 Å². The fourth-order valence-electron chi connectivity index (χ4n) is 4.15. The van der Waals surface area contributed by atoms with E-state index in [-0.39, 0.29) is 0 Å². The van der Waals surface area contributed by atoms with Crippen molar-refractivity contribution in [2.45, 2.75) is 48.3 Å². The van der Waals surface area contributed by atoms with Gasteiger partial charge in [-0.25, -0.2) is 9.97 Å². The number of thioether (sulfide) groups is 2. The maximum absolute atomic E-state index is 6.10. The molecule has 4 nitrogen and oxygen atoms in total. The van der Waals surface area contributed by atoms with E-state index in [1.54, 1.807) is 0 Å². The third kappa shape index (κ3) is 6.61. The van der Waals surface area contributed by atoms with Gasteiger partial charge in [-0.2, -0.15) is 0 Å². The van der Waals surface area contributed by atoms with Crippen LogP contribution in [-0.2, 0) is 0 Å². The summed E-state index contributed by atoms with van der Waals surface area (Å²) in [6.07, 6.45) is 10.9. The molecule has 0 fully saturated rings. The average molecular weight is 541 g/mol. The van der Waals surface area contributed by atoms with Crippen molar-refractivity contribution in [2.75, 3.05) is 11.5 Å². The molecule has 2 heterocycles. The molecule has 0 aliphatic heterocycles. The van der Waals surface area contributed by atoms with E-state index < -0.39 is 0 Å². The minimum absolute atomic E-state index is 0.605. The zero-order chi connectivity index (χ0) is 26.2. The molecule has 3 aromatic carbocycles. The van der Waals surface area contributed by atoms with Crippen LogP contribution in [0.4, 0.5) is 0 Å². The second-order valence-corrected chi connectivity index (χ2v) is 11.5. The normalized spacial score (nSPS) is 11.4. The van der Waals surface area contributed by atoms with Crippen LogP contribution in [0.3, 0.4) is 0 Å². The molecule has 0 amide bonds. The number of hydrogen-bond acceptors (Lipinski definition) is 6. The first-order chi connectivity index (χ1) is 18.7. The van der Waals surface area contributed by atoms with E-state index in [9.17, 15) is 0 Å². The third-order valence-electron chi connectivity index (χ3n) is 6.24. The van der Waals surface area contributed by atoms with Gasteiger partial charge in [0.25, 0.3) is 0 Å². The van der Waals surface area contributed by atoms with Gasteiger partial charge in [0.15, 0.2) is 11.2 Å². The SMILES string of the molecule is C=CCCCCSc1ccc(-c2nc3cc4nc(-c5ccc(SCCCCC=C)cc5)oc4cc3o2)cc1. The Kier molecular flexibility index (Phi) is 9.05. The summed E-state index contributed by atoms with van der Waals surface area (Å²) < 4.78 is 12.2. The quantitative estimate of drug-likeness (QED) is 0.0793. The maximum atomic E-state index is 6.10. The first-order valence-electron chi connectivity index (χ1n) is 13.1. The van der Waals surface area contributed by atoms with Gasteiger partial charge in [-0.15, -0.1) is 36.7 Å². The largest absolute Gasteiger partial charge is 0.436 e. The van der Waals surface area contributed by atoms with Gasteiger partial charge in [-0.3, -0.25) is 0 Å². The van der Waals surface area contributed by atoms with Crippen LogP contribution in [0.15, 0.2) is 105 Å². The smallest absolute Gasteiger partial charge is 0.227 e. The van der Waals surface area contributed by atoms with Crippen molar-refractivity contribution in [1.29, 1.82) is 0 Å². The Morgan fingerprint density at radius 2 is 1.05 bits per heavy atom. The lowest BCUT2D eigenvalue weighted by Crippen LogP contribution is -1.82. The van der Waals surface area contributed by atoms with Gasteiger partial charge in [-0.05, 0) is 105 Å². The summed E-state index contributed by atoms with van der Waals surface area (Å²) >= 11 is 3.76. The Morgan fingerprint density at radius 1 is 0.605 bits per heavy atom. The van der Waals surface area contributed by atoms with Gasteiger partial charge >= 0.3 is 0 Å². The zero-order valence-electron chi connectivity index (χ0n) is 21.5. The second-order valence-electron chi connectivity index (χ2n) is 9.14. The summed E-state index contributed by atoms with van der Waals surface area (Å²) in [4.78, 5) is 12.0. The van der Waals surface area contributed by atoms with Crippen LogP contribution in [0.5, 0.6) is 0 Å². The van der Waals surface area contributed by atoms with E-state index in [0.29, 0.717) is 22.9 Å². The summed E-state index contributed by atoms with van der Waals surface area (Å²) in [5.74, 6) is 3.44. The van der Waals surface area contributed by atoms with Gasteiger partial charge in [0.05, 0.1) is 0 Å². The third-order valence-corrected chi connectivity index (χ3v) is 8.44. The Balaban J connectivity index is 1.25. The van der Waals surface area contributed by atoms with Crippen molar-refractivity contribution in [3.63, 3.8) is 0 Å². The van der Waals surface area contributed by atoms with Crippen LogP contribution in [-0.4, -0.2) is 21.5 Å². The molecule has 0 unspecified atom stereocenters. The van der Waals surface area contributed by atoms with Gasteiger partial charge in [0.2, 0.25) is 11.8 Å². The van der Waals surface area contributed by atoms with Crippen molar-refractivity contribution >= 4 is 45.7 Å². The van der Waals surface area contributed by atoms with E-state index in [1.165, 1.54) is 35.5 Å². The van der Waals surface area contributed by atoms with Crippen LogP contribution in [0.1, 0.15) is 38.5 Å². The van der Waals surface area contributed by atoms with Crippen LogP contribution >= 0.6 is 23.5 Å². The predicted octanol–water partition coefficient (Wildman–Crippen LogP) is 10.2. The first kappa shape index (κ1) is 26.4. The lowest BCUT2D eigenvalue weighted by atomic mass is 10.2. The number of benzene rings is 3. The molecule has 0 bridgehead atoms. The molecule has 0 aliphatic rings. The molecule has 0 spiro atoms. The highest BCUT2D eigenvalue weighted by atomic mass is 32.2. The minimum Gasteiger partial charge on any atom is -0.436 e. The van der Waals surface area contributed by atoms with E-state index in [2.05, 4.69) is 61.7 Å². The molecular weight excluding hydrogens is 508 g/mol. The summed E-state index contributed by atoms with van der Waals surface area (Å²) in [5.41, 5.74) is 4.85. The lowest BCUT2D eigenvalue weighted by Gasteiger charge is -2.02. The molecule has 5 rings (SSSR count). The number of aromatic nitrogens is 2. The Bertz CT molecular complexity index is 1340. The van der Waals surface area contributed by atoms with Crippen molar-refractivity contribution in [2.24, 2.45) is 0 Å². The number of fused-ring (bicyclic) bond motifs is 2. The van der Waals surface area contributed by atoms with Gasteiger partial charge in [0.1, 0.15) is 11.0 Å². The highest BCUT2D eigenvalue weighted by Crippen LogP contribution is 2.32. The van der Waals surface area contributed by atoms with Gasteiger partial charge in [-0.1, -0.05) is 12.2 Å². The molecule has 0 atom stereocenters. The molecular formula is C32H32N2O2S2. The molecule has 0 saturated carbocycles. The second kappa shape index (κ2) is 13.0. The number of hydrogen-bond donors (Lipinski definition) is 0. The number of nitrogens with zero attached hydrogens (tertiary/aromatic N) is 2. The van der Waals surface area contributed by atoms with E-state index in [4.69, 9.17) is 18.8 Å². The Morgan fingerprint density at radius 3 is 1.47 bits per heavy atom. The molecule has 0 saturated heterocycles. The van der Waals surface area contributed by atoms with Crippen LogP contribution in [0.25, 0.3) is 45.1 Å². The summed E-state index contributed by atoms with van der Waals surface area (Å²) in [6, 6.07) is 20.6. The molecule has 2 aromatic heterocycles. The molecule has 0 radical (unpaired) electrons. The molecule has 38 heavy (non-hydrogen) atoms. The highest BCUT2D eigenvalue weighted by molar-refractivity contribution is 7.99. The molecule has 0 N–H and O–H groups in total. The summed E-state index contributed by atoms with van der Waals surface area (Å²) in [6.45, 7) is 7.57. The van der Waals surface area contributed by atoms with Crippen molar-refractivity contribution in [3.05, 3.63) is 86.0 Å². The average Bonchev–Trinajstić information content (AvgIpc) is 3.55. The topological polar surface area (TPSA) is 52.1 Å².